The Kier molecular flexibility index (Phi) is 7.33. The van der Waals surface area contributed by atoms with Crippen molar-refractivity contribution in [3.63, 3.8) is 0 Å². The molecule has 8 nitrogen and oxygen atoms in total. The summed E-state index contributed by atoms with van der Waals surface area (Å²) in [5.41, 5.74) is 4.75. The predicted molar refractivity (Wildman–Crippen MR) is 148 cm³/mol. The molecule has 1 amide bonds. The summed E-state index contributed by atoms with van der Waals surface area (Å²) >= 11 is 6.00. The summed E-state index contributed by atoms with van der Waals surface area (Å²) in [6.45, 7) is 6.56. The van der Waals surface area contributed by atoms with Gasteiger partial charge in [0.15, 0.2) is 11.5 Å². The van der Waals surface area contributed by atoms with Crippen LogP contribution >= 0.6 is 11.6 Å². The van der Waals surface area contributed by atoms with Crippen molar-refractivity contribution in [3.05, 3.63) is 106 Å². The lowest BCUT2D eigenvalue weighted by atomic mass is 9.94. The maximum Gasteiger partial charge on any atom is 0.255 e. The summed E-state index contributed by atoms with van der Waals surface area (Å²) < 4.78 is 13.8. The number of allylic oxidation sites excluding steroid dienone is 1. The molecule has 0 radical (unpaired) electrons. The molecule has 0 fully saturated rings. The van der Waals surface area contributed by atoms with Crippen molar-refractivity contribution in [3.8, 4) is 11.5 Å². The first-order valence-corrected chi connectivity index (χ1v) is 12.7. The van der Waals surface area contributed by atoms with Crippen LogP contribution in [0.1, 0.15) is 36.6 Å². The SMILES string of the molecule is CCOc1cc([C@@H]2C(C(=O)Nc3ccccc3C)=C(C)Nc3ncnn32)ccc1OCc1ccc(Cl)cc1. The summed E-state index contributed by atoms with van der Waals surface area (Å²) in [4.78, 5) is 18.0. The van der Waals surface area contributed by atoms with Gasteiger partial charge in [0.05, 0.1) is 12.2 Å². The lowest BCUT2D eigenvalue weighted by Crippen LogP contribution is -2.31. The van der Waals surface area contributed by atoms with Crippen LogP contribution < -0.4 is 20.1 Å². The van der Waals surface area contributed by atoms with Gasteiger partial charge in [0.25, 0.3) is 5.91 Å². The average Bonchev–Trinajstić information content (AvgIpc) is 3.37. The van der Waals surface area contributed by atoms with E-state index in [4.69, 9.17) is 21.1 Å². The van der Waals surface area contributed by atoms with E-state index in [9.17, 15) is 4.79 Å². The van der Waals surface area contributed by atoms with Crippen molar-refractivity contribution in [2.75, 3.05) is 17.2 Å². The van der Waals surface area contributed by atoms with Crippen molar-refractivity contribution < 1.29 is 14.3 Å². The van der Waals surface area contributed by atoms with Gasteiger partial charge in [-0.3, -0.25) is 4.79 Å². The van der Waals surface area contributed by atoms with E-state index in [1.165, 1.54) is 6.33 Å². The van der Waals surface area contributed by atoms with Gasteiger partial charge in [-0.1, -0.05) is 48.0 Å². The average molecular weight is 530 g/mol. The highest BCUT2D eigenvalue weighted by molar-refractivity contribution is 6.30. The van der Waals surface area contributed by atoms with E-state index in [0.29, 0.717) is 47.0 Å². The maximum absolute atomic E-state index is 13.7. The van der Waals surface area contributed by atoms with Crippen LogP contribution in [0.5, 0.6) is 11.5 Å². The van der Waals surface area contributed by atoms with Crippen LogP contribution in [0.2, 0.25) is 5.02 Å². The molecule has 0 saturated heterocycles. The quantitative estimate of drug-likeness (QED) is 0.285. The van der Waals surface area contributed by atoms with Crippen LogP contribution in [0.15, 0.2) is 84.3 Å². The van der Waals surface area contributed by atoms with Gasteiger partial charge in [-0.2, -0.15) is 10.1 Å². The van der Waals surface area contributed by atoms with Crippen molar-refractivity contribution in [1.82, 2.24) is 14.8 Å². The molecule has 5 rings (SSSR count). The molecule has 1 aromatic heterocycles. The first kappa shape index (κ1) is 25.4. The lowest BCUT2D eigenvalue weighted by molar-refractivity contribution is -0.113. The Balaban J connectivity index is 1.49. The fraction of sp³-hybridized carbons (Fsp3) is 0.207. The molecule has 4 aromatic rings. The minimum atomic E-state index is -0.526. The van der Waals surface area contributed by atoms with E-state index >= 15 is 0 Å². The summed E-state index contributed by atoms with van der Waals surface area (Å²) in [5, 5.41) is 11.4. The molecule has 0 bridgehead atoms. The number of hydrogen-bond acceptors (Lipinski definition) is 6. The molecule has 3 aromatic carbocycles. The molecule has 194 valence electrons. The third-order valence-electron chi connectivity index (χ3n) is 6.32. The third kappa shape index (κ3) is 5.21. The molecule has 1 aliphatic rings. The van der Waals surface area contributed by atoms with Crippen LogP contribution in [0, 0.1) is 6.92 Å². The van der Waals surface area contributed by atoms with E-state index in [2.05, 4.69) is 20.7 Å². The van der Waals surface area contributed by atoms with Gasteiger partial charge in [0, 0.05) is 16.4 Å². The normalized spacial score (nSPS) is 14.5. The van der Waals surface area contributed by atoms with Crippen molar-refractivity contribution in [2.24, 2.45) is 0 Å². The van der Waals surface area contributed by atoms with Crippen LogP contribution in [0.4, 0.5) is 11.6 Å². The molecule has 2 N–H and O–H groups in total. The number of rotatable bonds is 8. The number of amides is 1. The van der Waals surface area contributed by atoms with E-state index in [1.54, 1.807) is 4.68 Å². The van der Waals surface area contributed by atoms with Crippen molar-refractivity contribution in [1.29, 1.82) is 0 Å². The number of para-hydroxylation sites is 1. The van der Waals surface area contributed by atoms with E-state index in [0.717, 1.165) is 22.4 Å². The molecule has 2 heterocycles. The van der Waals surface area contributed by atoms with E-state index in [-0.39, 0.29) is 5.91 Å². The van der Waals surface area contributed by atoms with Gasteiger partial charge in [-0.25, -0.2) is 4.68 Å². The number of aryl methyl sites for hydroxylation is 1. The van der Waals surface area contributed by atoms with E-state index < -0.39 is 6.04 Å². The van der Waals surface area contributed by atoms with Gasteiger partial charge in [-0.05, 0) is 67.8 Å². The summed E-state index contributed by atoms with van der Waals surface area (Å²) in [6.07, 6.45) is 1.47. The third-order valence-corrected chi connectivity index (χ3v) is 6.58. The zero-order chi connectivity index (χ0) is 26.6. The minimum Gasteiger partial charge on any atom is -0.490 e. The van der Waals surface area contributed by atoms with Crippen LogP contribution in [0.25, 0.3) is 0 Å². The fourth-order valence-corrected chi connectivity index (χ4v) is 4.55. The number of fused-ring (bicyclic) bond motifs is 1. The van der Waals surface area contributed by atoms with Crippen LogP contribution in [-0.2, 0) is 11.4 Å². The molecule has 0 saturated carbocycles. The lowest BCUT2D eigenvalue weighted by Gasteiger charge is -2.29. The van der Waals surface area contributed by atoms with Gasteiger partial charge >= 0.3 is 0 Å². The molecule has 0 spiro atoms. The Morgan fingerprint density at radius 2 is 1.84 bits per heavy atom. The minimum absolute atomic E-state index is 0.225. The summed E-state index contributed by atoms with van der Waals surface area (Å²) in [7, 11) is 0. The number of nitrogens with one attached hydrogen (secondary N) is 2. The number of aromatic nitrogens is 3. The monoisotopic (exact) mass is 529 g/mol. The highest BCUT2D eigenvalue weighted by atomic mass is 35.5. The van der Waals surface area contributed by atoms with Crippen LogP contribution in [0.3, 0.4) is 0 Å². The van der Waals surface area contributed by atoms with Gasteiger partial charge in [0.2, 0.25) is 5.95 Å². The molecule has 1 atom stereocenters. The second kappa shape index (κ2) is 11.0. The van der Waals surface area contributed by atoms with Gasteiger partial charge in [-0.15, -0.1) is 0 Å². The Labute approximate surface area is 226 Å². The standard InChI is InChI=1S/C29H28ClN5O3/c1-4-37-25-15-21(11-14-24(25)38-16-20-9-12-22(30)13-10-20)27-26(19(3)33-29-31-17-32-35(27)29)28(36)34-23-8-6-5-7-18(23)2/h5-15,17,27H,4,16H2,1-3H3,(H,34,36)(H,31,32,33)/t27-/m1/s1. The zero-order valence-electron chi connectivity index (χ0n) is 21.4. The largest absolute Gasteiger partial charge is 0.490 e. The Hall–Kier alpha value is -4.30. The predicted octanol–water partition coefficient (Wildman–Crippen LogP) is 6.15. The molecule has 1 aliphatic heterocycles. The number of ether oxygens (including phenoxy) is 2. The first-order chi connectivity index (χ1) is 18.4. The molecular weight excluding hydrogens is 502 g/mol. The smallest absolute Gasteiger partial charge is 0.255 e. The molecule has 0 aliphatic carbocycles. The number of nitrogens with zero attached hydrogens (tertiary/aromatic N) is 3. The van der Waals surface area contributed by atoms with Gasteiger partial charge < -0.3 is 20.1 Å². The molecule has 0 unspecified atom stereocenters. The van der Waals surface area contributed by atoms with E-state index in [1.807, 2.05) is 87.5 Å². The number of carbonyl (C=O) groups is 1. The second-order valence-corrected chi connectivity index (χ2v) is 9.35. The fourth-order valence-electron chi connectivity index (χ4n) is 4.42. The topological polar surface area (TPSA) is 90.3 Å². The number of halogens is 1. The number of benzene rings is 3. The van der Waals surface area contributed by atoms with Crippen LogP contribution in [-0.4, -0.2) is 27.3 Å². The molecular formula is C29H28ClN5O3. The second-order valence-electron chi connectivity index (χ2n) is 8.92. The number of carbonyl (C=O) groups excluding carboxylic acids is 1. The zero-order valence-corrected chi connectivity index (χ0v) is 22.1. The summed E-state index contributed by atoms with van der Waals surface area (Å²) in [6, 6.07) is 20.3. The molecule has 9 heteroatoms. The summed E-state index contributed by atoms with van der Waals surface area (Å²) in [5.74, 6) is 1.51. The Morgan fingerprint density at radius 3 is 2.61 bits per heavy atom. The highest BCUT2D eigenvalue weighted by Crippen LogP contribution is 2.39. The highest BCUT2D eigenvalue weighted by Gasteiger charge is 2.34. The van der Waals surface area contributed by atoms with Crippen molar-refractivity contribution in [2.45, 2.75) is 33.4 Å². The number of hydrogen-bond donors (Lipinski definition) is 2. The Morgan fingerprint density at radius 1 is 1.05 bits per heavy atom. The first-order valence-electron chi connectivity index (χ1n) is 12.3. The van der Waals surface area contributed by atoms with Gasteiger partial charge in [0.1, 0.15) is 19.0 Å². The molecule has 38 heavy (non-hydrogen) atoms. The van der Waals surface area contributed by atoms with Crippen molar-refractivity contribution >= 4 is 29.1 Å². The Bertz CT molecular complexity index is 1500. The number of anilines is 2. The maximum atomic E-state index is 13.7.